The van der Waals surface area contributed by atoms with Gasteiger partial charge in [0.2, 0.25) is 5.91 Å². The molecule has 1 fully saturated rings. The minimum atomic E-state index is -0.475. The van der Waals surface area contributed by atoms with Crippen LogP contribution in [0.1, 0.15) is 31.7 Å². The van der Waals surface area contributed by atoms with E-state index in [9.17, 15) is 13.6 Å². The van der Waals surface area contributed by atoms with Gasteiger partial charge >= 0.3 is 0 Å². The number of nitrogens with two attached hydrogens (primary N) is 1. The minimum Gasteiger partial charge on any atom is -0.343 e. The first-order chi connectivity index (χ1) is 9.97. The van der Waals surface area contributed by atoms with Gasteiger partial charge in [0, 0.05) is 25.6 Å². The zero-order chi connectivity index (χ0) is 15.4. The maximum atomic E-state index is 13.5. The molecule has 0 aliphatic carbocycles. The lowest BCUT2D eigenvalue weighted by Crippen LogP contribution is -2.42. The van der Waals surface area contributed by atoms with Gasteiger partial charge in [-0.05, 0) is 55.9 Å². The zero-order valence-corrected chi connectivity index (χ0v) is 12.3. The molecule has 0 bridgehead atoms. The number of hydrogen-bond donors (Lipinski definition) is 1. The second-order valence-corrected chi connectivity index (χ2v) is 5.81. The first-order valence-corrected chi connectivity index (χ1v) is 7.44. The smallest absolute Gasteiger partial charge is 0.222 e. The van der Waals surface area contributed by atoms with E-state index in [2.05, 4.69) is 0 Å². The highest BCUT2D eigenvalue weighted by Crippen LogP contribution is 2.20. The number of aryl methyl sites for hydroxylation is 1. The van der Waals surface area contributed by atoms with Crippen molar-refractivity contribution >= 4 is 5.91 Å². The Labute approximate surface area is 124 Å². The molecule has 1 amide bonds. The molecule has 116 valence electrons. The van der Waals surface area contributed by atoms with Crippen molar-refractivity contribution in [3.8, 4) is 0 Å². The number of amides is 1. The molecule has 1 atom stereocenters. The highest BCUT2D eigenvalue weighted by Gasteiger charge is 2.24. The molecule has 0 spiro atoms. The van der Waals surface area contributed by atoms with Gasteiger partial charge in [-0.25, -0.2) is 8.78 Å². The van der Waals surface area contributed by atoms with Crippen LogP contribution in [0, 0.1) is 17.6 Å². The molecule has 1 aliphatic heterocycles. The van der Waals surface area contributed by atoms with E-state index in [4.69, 9.17) is 5.73 Å². The molecule has 2 rings (SSSR count). The van der Waals surface area contributed by atoms with Crippen LogP contribution in [-0.2, 0) is 11.2 Å². The number of carbonyl (C=O) groups is 1. The van der Waals surface area contributed by atoms with Crippen LogP contribution in [0.5, 0.6) is 0 Å². The number of halogens is 2. The van der Waals surface area contributed by atoms with Gasteiger partial charge in [0.1, 0.15) is 11.6 Å². The third kappa shape index (κ3) is 4.24. The molecule has 1 saturated heterocycles. The van der Waals surface area contributed by atoms with E-state index in [0.717, 1.165) is 31.0 Å². The first kappa shape index (κ1) is 15.9. The predicted octanol–water partition coefficient (Wildman–Crippen LogP) is 2.48. The van der Waals surface area contributed by atoms with Gasteiger partial charge in [-0.1, -0.05) is 0 Å². The third-order valence-electron chi connectivity index (χ3n) is 4.25. The summed E-state index contributed by atoms with van der Waals surface area (Å²) in [5, 5.41) is 0. The Morgan fingerprint density at radius 3 is 2.67 bits per heavy atom. The van der Waals surface area contributed by atoms with Crippen molar-refractivity contribution in [2.45, 2.75) is 38.6 Å². The van der Waals surface area contributed by atoms with Crippen molar-refractivity contribution < 1.29 is 13.6 Å². The van der Waals surface area contributed by atoms with E-state index in [1.807, 2.05) is 6.92 Å². The molecular weight excluding hydrogens is 274 g/mol. The summed E-state index contributed by atoms with van der Waals surface area (Å²) in [6.07, 6.45) is 2.27. The first-order valence-electron chi connectivity index (χ1n) is 7.44. The Bertz CT molecular complexity index is 497. The Morgan fingerprint density at radius 1 is 1.38 bits per heavy atom. The normalized spacial score (nSPS) is 17.8. The van der Waals surface area contributed by atoms with Crippen molar-refractivity contribution in [1.82, 2.24) is 4.90 Å². The van der Waals surface area contributed by atoms with Gasteiger partial charge in [-0.2, -0.15) is 0 Å². The van der Waals surface area contributed by atoms with Crippen molar-refractivity contribution in [3.63, 3.8) is 0 Å². The standard InChI is InChI=1S/C16H22F2N2O/c1-11(19)12-6-8-20(9-7-12)16(21)5-2-13-10-14(17)3-4-15(13)18/h3-4,10-12H,2,5-9,19H2,1H3. The minimum absolute atomic E-state index is 0.00165. The summed E-state index contributed by atoms with van der Waals surface area (Å²) >= 11 is 0. The van der Waals surface area contributed by atoms with E-state index >= 15 is 0 Å². The van der Waals surface area contributed by atoms with Gasteiger partial charge in [0.15, 0.2) is 0 Å². The lowest BCUT2D eigenvalue weighted by Gasteiger charge is -2.33. The average Bonchev–Trinajstić information content (AvgIpc) is 2.48. The van der Waals surface area contributed by atoms with Crippen LogP contribution in [0.15, 0.2) is 18.2 Å². The quantitative estimate of drug-likeness (QED) is 0.928. The van der Waals surface area contributed by atoms with E-state index in [0.29, 0.717) is 19.0 Å². The number of benzene rings is 1. The van der Waals surface area contributed by atoms with Crippen LogP contribution in [0.4, 0.5) is 8.78 Å². The Balaban J connectivity index is 1.84. The number of nitrogens with zero attached hydrogens (tertiary/aromatic N) is 1. The van der Waals surface area contributed by atoms with Crippen LogP contribution in [0.3, 0.4) is 0 Å². The zero-order valence-electron chi connectivity index (χ0n) is 12.3. The maximum absolute atomic E-state index is 13.5. The molecular formula is C16H22F2N2O. The molecule has 0 aromatic heterocycles. The summed E-state index contributed by atoms with van der Waals surface area (Å²) in [7, 11) is 0. The van der Waals surface area contributed by atoms with Crippen LogP contribution in [-0.4, -0.2) is 29.9 Å². The Hall–Kier alpha value is -1.49. The molecule has 1 aromatic rings. The summed E-state index contributed by atoms with van der Waals surface area (Å²) in [5.74, 6) is -0.465. The molecule has 2 N–H and O–H groups in total. The number of carbonyl (C=O) groups excluding carboxylic acids is 1. The molecule has 21 heavy (non-hydrogen) atoms. The predicted molar refractivity (Wildman–Crippen MR) is 77.6 cm³/mol. The van der Waals surface area contributed by atoms with Crippen LogP contribution >= 0.6 is 0 Å². The molecule has 5 heteroatoms. The van der Waals surface area contributed by atoms with Gasteiger partial charge in [-0.3, -0.25) is 4.79 Å². The van der Waals surface area contributed by atoms with Gasteiger partial charge in [0.25, 0.3) is 0 Å². The topological polar surface area (TPSA) is 46.3 Å². The van der Waals surface area contributed by atoms with E-state index < -0.39 is 11.6 Å². The molecule has 0 saturated carbocycles. The van der Waals surface area contributed by atoms with Crippen molar-refractivity contribution in [2.24, 2.45) is 11.7 Å². The maximum Gasteiger partial charge on any atom is 0.222 e. The summed E-state index contributed by atoms with van der Waals surface area (Å²) in [4.78, 5) is 13.9. The fourth-order valence-electron chi connectivity index (χ4n) is 2.81. The SMILES string of the molecule is CC(N)C1CCN(C(=O)CCc2cc(F)ccc2F)CC1. The van der Waals surface area contributed by atoms with Crippen LogP contribution in [0.2, 0.25) is 0 Å². The van der Waals surface area contributed by atoms with Crippen LogP contribution < -0.4 is 5.73 Å². The average molecular weight is 296 g/mol. The van der Waals surface area contributed by atoms with E-state index in [1.54, 1.807) is 4.90 Å². The molecule has 1 heterocycles. The summed E-state index contributed by atoms with van der Waals surface area (Å²) in [6.45, 7) is 3.40. The number of rotatable bonds is 4. The van der Waals surface area contributed by atoms with Crippen molar-refractivity contribution in [1.29, 1.82) is 0 Å². The lowest BCUT2D eigenvalue weighted by atomic mass is 9.91. The molecule has 1 aromatic carbocycles. The Kier molecular flexibility index (Phi) is 5.28. The monoisotopic (exact) mass is 296 g/mol. The Morgan fingerprint density at radius 2 is 2.05 bits per heavy atom. The van der Waals surface area contributed by atoms with Gasteiger partial charge in [-0.15, -0.1) is 0 Å². The van der Waals surface area contributed by atoms with Gasteiger partial charge < -0.3 is 10.6 Å². The highest BCUT2D eigenvalue weighted by atomic mass is 19.1. The summed E-state index contributed by atoms with van der Waals surface area (Å²) < 4.78 is 26.6. The molecule has 1 aliphatic rings. The third-order valence-corrected chi connectivity index (χ3v) is 4.25. The van der Waals surface area contributed by atoms with Crippen LogP contribution in [0.25, 0.3) is 0 Å². The number of likely N-dealkylation sites (tertiary alicyclic amines) is 1. The number of hydrogen-bond acceptors (Lipinski definition) is 2. The molecule has 1 unspecified atom stereocenters. The summed E-state index contributed by atoms with van der Waals surface area (Å²) in [5.41, 5.74) is 6.13. The number of piperidine rings is 1. The second kappa shape index (κ2) is 6.98. The van der Waals surface area contributed by atoms with Crippen molar-refractivity contribution in [3.05, 3.63) is 35.4 Å². The largest absolute Gasteiger partial charge is 0.343 e. The molecule has 0 radical (unpaired) electrons. The molecule has 3 nitrogen and oxygen atoms in total. The van der Waals surface area contributed by atoms with Crippen molar-refractivity contribution in [2.75, 3.05) is 13.1 Å². The summed E-state index contributed by atoms with van der Waals surface area (Å²) in [6, 6.07) is 3.50. The second-order valence-electron chi connectivity index (χ2n) is 5.81. The van der Waals surface area contributed by atoms with Gasteiger partial charge in [0.05, 0.1) is 0 Å². The fourth-order valence-corrected chi connectivity index (χ4v) is 2.81. The van der Waals surface area contributed by atoms with E-state index in [1.165, 1.54) is 0 Å². The van der Waals surface area contributed by atoms with E-state index in [-0.39, 0.29) is 30.4 Å². The highest BCUT2D eigenvalue weighted by molar-refractivity contribution is 5.76. The fraction of sp³-hybridized carbons (Fsp3) is 0.562. The lowest BCUT2D eigenvalue weighted by molar-refractivity contribution is -0.132.